The Balaban J connectivity index is 2.79. The predicted octanol–water partition coefficient (Wildman–Crippen LogP) is 1.44. The Morgan fingerprint density at radius 2 is 2.33 bits per heavy atom. The van der Waals surface area contributed by atoms with Gasteiger partial charge in [0.25, 0.3) is 0 Å². The first-order valence-corrected chi connectivity index (χ1v) is 3.57. The maximum atomic E-state index is 5.12. The van der Waals surface area contributed by atoms with Crippen molar-refractivity contribution < 1.29 is 4.74 Å². The fourth-order valence-corrected chi connectivity index (χ4v) is 1.11. The van der Waals surface area contributed by atoms with Crippen LogP contribution >= 0.6 is 0 Å². The number of hydrogen-bond donors (Lipinski definition) is 0. The lowest BCUT2D eigenvalue weighted by molar-refractivity contribution is 0.419. The molecule has 3 nitrogen and oxygen atoms in total. The van der Waals surface area contributed by atoms with Crippen LogP contribution in [0.15, 0.2) is 24.4 Å². The van der Waals surface area contributed by atoms with Gasteiger partial charge in [-0.25, -0.2) is 9.97 Å². The molecule has 0 unspecified atom stereocenters. The van der Waals surface area contributed by atoms with Crippen molar-refractivity contribution in [2.75, 3.05) is 7.11 Å². The van der Waals surface area contributed by atoms with E-state index < -0.39 is 0 Å². The summed E-state index contributed by atoms with van der Waals surface area (Å²) in [6.07, 6.45) is 4.24. The summed E-state index contributed by atoms with van der Waals surface area (Å²) in [5, 5.41) is 0.966. The lowest BCUT2D eigenvalue weighted by Crippen LogP contribution is -1.87. The van der Waals surface area contributed by atoms with Crippen molar-refractivity contribution in [3.05, 3.63) is 30.7 Å². The molecule has 12 heavy (non-hydrogen) atoms. The Hall–Kier alpha value is -1.64. The Labute approximate surface area is 70.0 Å². The SMILES string of the molecule is COc1cccc2cn[c]nc12. The molecule has 0 spiro atoms. The van der Waals surface area contributed by atoms with Gasteiger partial charge in [0.1, 0.15) is 11.3 Å². The van der Waals surface area contributed by atoms with E-state index >= 15 is 0 Å². The molecular formula is C9H7N2O. The molecule has 1 aromatic carbocycles. The largest absolute Gasteiger partial charge is 0.494 e. The highest BCUT2D eigenvalue weighted by Gasteiger charge is 1.99. The van der Waals surface area contributed by atoms with Crippen LogP contribution in [0.1, 0.15) is 0 Å². The molecule has 2 aromatic rings. The van der Waals surface area contributed by atoms with E-state index in [9.17, 15) is 0 Å². The minimum Gasteiger partial charge on any atom is -0.494 e. The molecule has 1 heterocycles. The average Bonchev–Trinajstić information content (AvgIpc) is 2.17. The van der Waals surface area contributed by atoms with Gasteiger partial charge in [-0.15, -0.1) is 0 Å². The second-order valence-corrected chi connectivity index (χ2v) is 2.37. The van der Waals surface area contributed by atoms with E-state index in [1.165, 1.54) is 0 Å². The summed E-state index contributed by atoms with van der Waals surface area (Å²) in [4.78, 5) is 7.79. The molecule has 59 valence electrons. The molecule has 2 rings (SSSR count). The van der Waals surface area contributed by atoms with Gasteiger partial charge in [0, 0.05) is 11.6 Å². The van der Waals surface area contributed by atoms with Gasteiger partial charge < -0.3 is 4.74 Å². The molecule has 0 aliphatic heterocycles. The number of fused-ring (bicyclic) bond motifs is 1. The minimum atomic E-state index is 0.756. The van der Waals surface area contributed by atoms with Crippen LogP contribution in [-0.2, 0) is 0 Å². The molecule has 0 N–H and O–H groups in total. The summed E-state index contributed by atoms with van der Waals surface area (Å²) in [6.45, 7) is 0. The first kappa shape index (κ1) is 7.03. The molecule has 0 saturated heterocycles. The zero-order valence-electron chi connectivity index (χ0n) is 6.61. The second-order valence-electron chi connectivity index (χ2n) is 2.37. The molecule has 0 fully saturated rings. The average molecular weight is 159 g/mol. The molecule has 3 heteroatoms. The zero-order valence-corrected chi connectivity index (χ0v) is 6.61. The topological polar surface area (TPSA) is 35.0 Å². The third kappa shape index (κ3) is 0.993. The van der Waals surface area contributed by atoms with Crippen molar-refractivity contribution in [1.82, 2.24) is 9.97 Å². The number of benzene rings is 1. The molecule has 0 saturated carbocycles. The number of nitrogens with zero attached hydrogens (tertiary/aromatic N) is 2. The van der Waals surface area contributed by atoms with Crippen LogP contribution in [0.5, 0.6) is 5.75 Å². The molecule has 0 amide bonds. The van der Waals surface area contributed by atoms with Gasteiger partial charge in [-0.05, 0) is 6.07 Å². The lowest BCUT2D eigenvalue weighted by Gasteiger charge is -2.01. The summed E-state index contributed by atoms with van der Waals surface area (Å²) in [5.41, 5.74) is 0.801. The highest BCUT2D eigenvalue weighted by molar-refractivity contribution is 5.83. The Morgan fingerprint density at radius 3 is 3.17 bits per heavy atom. The minimum absolute atomic E-state index is 0.756. The second kappa shape index (κ2) is 2.77. The van der Waals surface area contributed by atoms with Gasteiger partial charge in [-0.3, -0.25) is 0 Å². The van der Waals surface area contributed by atoms with Gasteiger partial charge in [0.05, 0.1) is 7.11 Å². The van der Waals surface area contributed by atoms with E-state index in [1.54, 1.807) is 13.3 Å². The summed E-state index contributed by atoms with van der Waals surface area (Å²) >= 11 is 0. The molecular weight excluding hydrogens is 152 g/mol. The van der Waals surface area contributed by atoms with E-state index in [1.807, 2.05) is 18.2 Å². The summed E-state index contributed by atoms with van der Waals surface area (Å²) in [7, 11) is 1.62. The molecule has 0 aliphatic carbocycles. The van der Waals surface area contributed by atoms with Crippen LogP contribution in [0.2, 0.25) is 0 Å². The fraction of sp³-hybridized carbons (Fsp3) is 0.111. The predicted molar refractivity (Wildman–Crippen MR) is 44.9 cm³/mol. The third-order valence-electron chi connectivity index (χ3n) is 1.67. The van der Waals surface area contributed by atoms with Crippen molar-refractivity contribution in [2.45, 2.75) is 0 Å². The number of aromatic nitrogens is 2. The van der Waals surface area contributed by atoms with Crippen LogP contribution in [0.4, 0.5) is 0 Å². The van der Waals surface area contributed by atoms with E-state index in [0.29, 0.717) is 0 Å². The molecule has 0 bridgehead atoms. The van der Waals surface area contributed by atoms with Gasteiger partial charge in [0.15, 0.2) is 6.33 Å². The van der Waals surface area contributed by atoms with Crippen LogP contribution in [-0.4, -0.2) is 17.1 Å². The van der Waals surface area contributed by atoms with Crippen molar-refractivity contribution in [3.8, 4) is 5.75 Å². The first-order valence-electron chi connectivity index (χ1n) is 3.57. The van der Waals surface area contributed by atoms with Crippen LogP contribution < -0.4 is 4.74 Å². The van der Waals surface area contributed by atoms with E-state index in [2.05, 4.69) is 16.3 Å². The van der Waals surface area contributed by atoms with Crippen molar-refractivity contribution in [2.24, 2.45) is 0 Å². The summed E-state index contributed by atoms with van der Waals surface area (Å²) in [6, 6.07) is 5.71. The number of methoxy groups -OCH3 is 1. The Kier molecular flexibility index (Phi) is 1.63. The van der Waals surface area contributed by atoms with Gasteiger partial charge >= 0.3 is 0 Å². The molecule has 0 aliphatic rings. The van der Waals surface area contributed by atoms with Gasteiger partial charge in [0.2, 0.25) is 0 Å². The summed E-state index contributed by atoms with van der Waals surface area (Å²) < 4.78 is 5.12. The smallest absolute Gasteiger partial charge is 0.198 e. The maximum absolute atomic E-state index is 5.12. The van der Waals surface area contributed by atoms with E-state index in [-0.39, 0.29) is 0 Å². The third-order valence-corrected chi connectivity index (χ3v) is 1.67. The maximum Gasteiger partial charge on any atom is 0.198 e. The molecule has 0 atom stereocenters. The normalized spacial score (nSPS) is 10.1. The molecule has 1 radical (unpaired) electrons. The van der Waals surface area contributed by atoms with E-state index in [0.717, 1.165) is 16.7 Å². The van der Waals surface area contributed by atoms with Crippen LogP contribution in [0, 0.1) is 6.33 Å². The number of hydrogen-bond acceptors (Lipinski definition) is 3. The quantitative estimate of drug-likeness (QED) is 0.631. The highest BCUT2D eigenvalue weighted by atomic mass is 16.5. The monoisotopic (exact) mass is 159 g/mol. The lowest BCUT2D eigenvalue weighted by atomic mass is 10.2. The Morgan fingerprint density at radius 1 is 1.42 bits per heavy atom. The summed E-state index contributed by atoms with van der Waals surface area (Å²) in [5.74, 6) is 0.756. The highest BCUT2D eigenvalue weighted by Crippen LogP contribution is 2.20. The fourth-order valence-electron chi connectivity index (χ4n) is 1.11. The standard InChI is InChI=1S/C9H7N2O/c1-12-8-4-2-3-7-5-10-6-11-9(7)8/h2-5H,1H3. The van der Waals surface area contributed by atoms with Crippen molar-refractivity contribution in [3.63, 3.8) is 0 Å². The Bertz CT molecular complexity index is 395. The van der Waals surface area contributed by atoms with Crippen LogP contribution in [0.25, 0.3) is 10.9 Å². The van der Waals surface area contributed by atoms with E-state index in [4.69, 9.17) is 4.74 Å². The van der Waals surface area contributed by atoms with Gasteiger partial charge in [-0.1, -0.05) is 12.1 Å². The van der Waals surface area contributed by atoms with Crippen LogP contribution in [0.3, 0.4) is 0 Å². The molecule has 1 aromatic heterocycles. The zero-order chi connectivity index (χ0) is 8.39. The first-order chi connectivity index (χ1) is 5.92. The van der Waals surface area contributed by atoms with Crippen molar-refractivity contribution in [1.29, 1.82) is 0 Å². The number of para-hydroxylation sites is 1. The number of rotatable bonds is 1. The number of ether oxygens (including phenoxy) is 1. The van der Waals surface area contributed by atoms with Gasteiger partial charge in [-0.2, -0.15) is 0 Å². The van der Waals surface area contributed by atoms with Crippen molar-refractivity contribution >= 4 is 10.9 Å².